The molecule has 1 fully saturated rings. The number of carbonyl (C=O) groups is 2. The standard InChI is InChI=1S/C26H30N4O3S/c1-2-33-21-12-10-19(11-13-21)24(25(31)29-20-7-4-3-5-8-20)30(18-22-9-6-16-34-22)26(32)23-17-27-14-15-28-23/h6,9-17,20,24H,2-5,7-8,18H2,1H3,(H,29,31)/t24-/m1/s1. The first kappa shape index (κ1) is 23.9. The molecule has 1 atom stereocenters. The average Bonchev–Trinajstić information content (AvgIpc) is 3.39. The molecule has 2 aromatic heterocycles. The molecule has 3 aromatic rings. The van der Waals surface area contributed by atoms with E-state index in [0.29, 0.717) is 13.2 Å². The Morgan fingerprint density at radius 1 is 1.15 bits per heavy atom. The first-order valence-corrected chi connectivity index (χ1v) is 12.7. The molecule has 0 unspecified atom stereocenters. The Morgan fingerprint density at radius 2 is 1.94 bits per heavy atom. The number of hydrogen-bond donors (Lipinski definition) is 1. The molecule has 1 saturated carbocycles. The van der Waals surface area contributed by atoms with E-state index in [9.17, 15) is 9.59 Å². The van der Waals surface area contributed by atoms with Crippen LogP contribution in [0.25, 0.3) is 0 Å². The summed E-state index contributed by atoms with van der Waals surface area (Å²) in [5.74, 6) is 0.215. The minimum absolute atomic E-state index is 0.127. The maximum atomic E-state index is 13.8. The van der Waals surface area contributed by atoms with Gasteiger partial charge in [0.25, 0.3) is 5.91 Å². The first-order chi connectivity index (χ1) is 16.7. The van der Waals surface area contributed by atoms with Gasteiger partial charge in [-0.2, -0.15) is 0 Å². The average molecular weight is 479 g/mol. The maximum Gasteiger partial charge on any atom is 0.275 e. The minimum atomic E-state index is -0.811. The van der Waals surface area contributed by atoms with Crippen LogP contribution in [0.3, 0.4) is 0 Å². The van der Waals surface area contributed by atoms with Crippen LogP contribution in [0.2, 0.25) is 0 Å². The Balaban J connectivity index is 1.71. The van der Waals surface area contributed by atoms with Crippen LogP contribution in [0.1, 0.15) is 66.0 Å². The van der Waals surface area contributed by atoms with Gasteiger partial charge in [-0.3, -0.25) is 14.6 Å². The molecular formula is C26H30N4O3S. The van der Waals surface area contributed by atoms with Crippen LogP contribution in [0.5, 0.6) is 5.75 Å². The number of hydrogen-bond acceptors (Lipinski definition) is 6. The maximum absolute atomic E-state index is 13.8. The van der Waals surface area contributed by atoms with Gasteiger partial charge in [-0.05, 0) is 48.9 Å². The van der Waals surface area contributed by atoms with Crippen molar-refractivity contribution in [2.24, 2.45) is 0 Å². The molecule has 1 aliphatic rings. The molecule has 1 aliphatic carbocycles. The summed E-state index contributed by atoms with van der Waals surface area (Å²) in [6, 6.07) is 10.6. The molecule has 178 valence electrons. The van der Waals surface area contributed by atoms with Gasteiger partial charge in [0.2, 0.25) is 5.91 Å². The molecular weight excluding hydrogens is 448 g/mol. The second-order valence-electron chi connectivity index (χ2n) is 8.35. The molecule has 1 N–H and O–H groups in total. The minimum Gasteiger partial charge on any atom is -0.494 e. The summed E-state index contributed by atoms with van der Waals surface area (Å²) in [7, 11) is 0. The van der Waals surface area contributed by atoms with Crippen molar-refractivity contribution in [3.8, 4) is 5.75 Å². The fourth-order valence-corrected chi connectivity index (χ4v) is 5.02. The fourth-order valence-electron chi connectivity index (χ4n) is 4.32. The van der Waals surface area contributed by atoms with Gasteiger partial charge in [0.15, 0.2) is 0 Å². The van der Waals surface area contributed by atoms with Crippen molar-refractivity contribution in [2.75, 3.05) is 6.61 Å². The van der Waals surface area contributed by atoms with Crippen LogP contribution in [0, 0.1) is 0 Å². The summed E-state index contributed by atoms with van der Waals surface area (Å²) in [6.45, 7) is 2.78. The zero-order chi connectivity index (χ0) is 23.8. The summed E-state index contributed by atoms with van der Waals surface area (Å²) in [5, 5.41) is 5.19. The van der Waals surface area contributed by atoms with Crippen molar-refractivity contribution in [1.29, 1.82) is 0 Å². The predicted octanol–water partition coefficient (Wildman–Crippen LogP) is 4.77. The van der Waals surface area contributed by atoms with Crippen LogP contribution in [0.4, 0.5) is 0 Å². The van der Waals surface area contributed by atoms with E-state index in [1.165, 1.54) is 25.0 Å². The summed E-state index contributed by atoms with van der Waals surface area (Å²) in [5.41, 5.74) is 0.936. The van der Waals surface area contributed by atoms with E-state index >= 15 is 0 Å². The SMILES string of the molecule is CCOc1ccc([C@H](C(=O)NC2CCCCC2)N(Cc2cccs2)C(=O)c2cnccn2)cc1. The van der Waals surface area contributed by atoms with Gasteiger partial charge in [0.05, 0.1) is 19.3 Å². The molecule has 7 nitrogen and oxygen atoms in total. The first-order valence-electron chi connectivity index (χ1n) is 11.8. The third-order valence-corrected chi connectivity index (χ3v) is 6.83. The number of rotatable bonds is 9. The topological polar surface area (TPSA) is 84.4 Å². The number of aromatic nitrogens is 2. The number of nitrogens with one attached hydrogen (secondary N) is 1. The van der Waals surface area contributed by atoms with Crippen LogP contribution >= 0.6 is 11.3 Å². The summed E-state index contributed by atoms with van der Waals surface area (Å²) in [4.78, 5) is 38.3. The number of nitrogens with zero attached hydrogens (tertiary/aromatic N) is 3. The van der Waals surface area contributed by atoms with Crippen LogP contribution in [-0.4, -0.2) is 39.3 Å². The molecule has 0 spiro atoms. The lowest BCUT2D eigenvalue weighted by molar-refractivity contribution is -0.127. The summed E-state index contributed by atoms with van der Waals surface area (Å²) < 4.78 is 5.59. The van der Waals surface area contributed by atoms with Gasteiger partial charge in [-0.15, -0.1) is 11.3 Å². The molecule has 8 heteroatoms. The Morgan fingerprint density at radius 3 is 2.59 bits per heavy atom. The van der Waals surface area contributed by atoms with Crippen molar-refractivity contribution in [1.82, 2.24) is 20.2 Å². The van der Waals surface area contributed by atoms with Crippen molar-refractivity contribution >= 4 is 23.2 Å². The number of carbonyl (C=O) groups excluding carboxylic acids is 2. The van der Waals surface area contributed by atoms with E-state index in [2.05, 4.69) is 15.3 Å². The molecule has 0 aliphatic heterocycles. The van der Waals surface area contributed by atoms with Crippen LogP contribution in [0.15, 0.2) is 60.4 Å². The highest BCUT2D eigenvalue weighted by Crippen LogP contribution is 2.29. The fraction of sp³-hybridized carbons (Fsp3) is 0.385. The number of amides is 2. The van der Waals surface area contributed by atoms with Gasteiger partial charge in [-0.1, -0.05) is 37.5 Å². The summed E-state index contributed by atoms with van der Waals surface area (Å²) >= 11 is 1.55. The monoisotopic (exact) mass is 478 g/mol. The normalized spacial score (nSPS) is 14.9. The van der Waals surface area contributed by atoms with E-state index in [1.54, 1.807) is 16.2 Å². The molecule has 0 bridgehead atoms. The molecule has 1 aromatic carbocycles. The molecule has 0 radical (unpaired) electrons. The lowest BCUT2D eigenvalue weighted by Gasteiger charge is -2.33. The molecule has 2 heterocycles. The molecule has 4 rings (SSSR count). The van der Waals surface area contributed by atoms with E-state index in [4.69, 9.17) is 4.74 Å². The third kappa shape index (κ3) is 5.99. The number of ether oxygens (including phenoxy) is 1. The van der Waals surface area contributed by atoms with Gasteiger partial charge in [-0.25, -0.2) is 4.98 Å². The van der Waals surface area contributed by atoms with Crippen molar-refractivity contribution in [3.63, 3.8) is 0 Å². The highest BCUT2D eigenvalue weighted by molar-refractivity contribution is 7.09. The lowest BCUT2D eigenvalue weighted by Crippen LogP contribution is -2.47. The Kier molecular flexibility index (Phi) is 8.25. The van der Waals surface area contributed by atoms with E-state index in [1.807, 2.05) is 48.7 Å². The van der Waals surface area contributed by atoms with Gasteiger partial charge in [0, 0.05) is 23.3 Å². The zero-order valence-electron chi connectivity index (χ0n) is 19.4. The van der Waals surface area contributed by atoms with Crippen LogP contribution in [-0.2, 0) is 11.3 Å². The second kappa shape index (κ2) is 11.7. The zero-order valence-corrected chi connectivity index (χ0v) is 20.2. The van der Waals surface area contributed by atoms with E-state index in [-0.39, 0.29) is 23.6 Å². The third-order valence-electron chi connectivity index (χ3n) is 5.97. The van der Waals surface area contributed by atoms with Crippen molar-refractivity contribution < 1.29 is 14.3 Å². The van der Waals surface area contributed by atoms with Crippen LogP contribution < -0.4 is 10.1 Å². The quantitative estimate of drug-likeness (QED) is 0.479. The number of benzene rings is 1. The Bertz CT molecular complexity index is 1050. The predicted molar refractivity (Wildman–Crippen MR) is 132 cm³/mol. The molecule has 0 saturated heterocycles. The highest BCUT2D eigenvalue weighted by Gasteiger charge is 2.34. The molecule has 34 heavy (non-hydrogen) atoms. The second-order valence-corrected chi connectivity index (χ2v) is 9.38. The number of thiophene rings is 1. The molecule has 2 amide bonds. The smallest absolute Gasteiger partial charge is 0.275 e. The lowest BCUT2D eigenvalue weighted by atomic mass is 9.94. The Hall–Kier alpha value is -3.26. The Labute approximate surface area is 204 Å². The van der Waals surface area contributed by atoms with E-state index in [0.717, 1.165) is 41.9 Å². The van der Waals surface area contributed by atoms with Gasteiger partial charge < -0.3 is 15.0 Å². The highest BCUT2D eigenvalue weighted by atomic mass is 32.1. The van der Waals surface area contributed by atoms with Crippen molar-refractivity contribution in [2.45, 2.75) is 57.7 Å². The van der Waals surface area contributed by atoms with Crippen molar-refractivity contribution in [3.05, 3.63) is 76.5 Å². The van der Waals surface area contributed by atoms with Gasteiger partial charge >= 0.3 is 0 Å². The van der Waals surface area contributed by atoms with E-state index < -0.39 is 6.04 Å². The van der Waals surface area contributed by atoms with Gasteiger partial charge in [0.1, 0.15) is 17.5 Å². The largest absolute Gasteiger partial charge is 0.494 e. The summed E-state index contributed by atoms with van der Waals surface area (Å²) in [6.07, 6.45) is 9.80.